The van der Waals surface area contributed by atoms with Gasteiger partial charge in [0.2, 0.25) is 0 Å². The fraction of sp³-hybridized carbons (Fsp3) is 0. The first-order valence-electron chi connectivity index (χ1n) is 10.3. The van der Waals surface area contributed by atoms with Gasteiger partial charge in [0.15, 0.2) is 14.7 Å². The van der Waals surface area contributed by atoms with E-state index in [1.54, 1.807) is 0 Å². The van der Waals surface area contributed by atoms with Gasteiger partial charge in [0.25, 0.3) is 10.5 Å². The Kier molecular flexibility index (Phi) is 26.1. The summed E-state index contributed by atoms with van der Waals surface area (Å²) in [6.07, 6.45) is 0. The van der Waals surface area contributed by atoms with Gasteiger partial charge in [0.1, 0.15) is 0 Å². The van der Waals surface area contributed by atoms with E-state index in [4.69, 9.17) is 77.8 Å². The first-order chi connectivity index (χ1) is 21.4. The fourth-order valence-electron chi connectivity index (χ4n) is 2.08. The molecule has 0 fully saturated rings. The van der Waals surface area contributed by atoms with E-state index in [-0.39, 0.29) is 10.9 Å². The molecule has 0 bridgehead atoms. The van der Waals surface area contributed by atoms with Crippen LogP contribution in [0.5, 0.6) is 0 Å². The Morgan fingerprint density at radius 1 is 0.367 bits per heavy atom. The minimum absolute atomic E-state index is 0.0146. The summed E-state index contributed by atoms with van der Waals surface area (Å²) in [7, 11) is -31.3. The Labute approximate surface area is 279 Å². The standard InChI is InChI=1S/C18H15S.6FHO3S/c1-4-10-16(11-5-1)19(17-12-6-2-7-13-17)18-14-8-3-9-15-18;6*1-5(2,3)4/h1-15H;6*(H,2,3,4)/q+1;;;;;;/p-1. The lowest BCUT2D eigenvalue weighted by molar-refractivity contribution is 0.416. The average Bonchev–Trinajstić information content (AvgIpc) is 2.80. The molecule has 0 aliphatic heterocycles. The number of hydrogen-bond acceptors (Lipinski definition) is 13. The predicted octanol–water partition coefficient (Wildman–Crippen LogP) is 2.99. The molecule has 0 aliphatic carbocycles. The van der Waals surface area contributed by atoms with Crippen LogP contribution >= 0.6 is 0 Å². The van der Waals surface area contributed by atoms with Crippen molar-refractivity contribution in [2.24, 2.45) is 0 Å². The van der Waals surface area contributed by atoms with Gasteiger partial charge in [-0.15, -0.1) is 3.89 Å². The minimum atomic E-state index is -5.42. The summed E-state index contributed by atoms with van der Waals surface area (Å²) in [4.78, 5) is 4.08. The molecule has 49 heavy (non-hydrogen) atoms. The quantitative estimate of drug-likeness (QED) is 0.109. The Hall–Kier alpha value is -2.95. The molecule has 0 saturated heterocycles. The second kappa shape index (κ2) is 24.2. The largest absolute Gasteiger partial charge is 0.722 e. The lowest BCUT2D eigenvalue weighted by atomic mass is 10.4. The molecule has 3 aromatic rings. The molecule has 0 spiro atoms. The monoisotopic (exact) mass is 862 g/mol. The van der Waals surface area contributed by atoms with E-state index < -0.39 is 63.0 Å². The molecule has 3 aromatic carbocycles. The lowest BCUT2D eigenvalue weighted by Gasteiger charge is -2.07. The van der Waals surface area contributed by atoms with Crippen molar-refractivity contribution in [2.75, 3.05) is 0 Å². The van der Waals surface area contributed by atoms with Gasteiger partial charge in [-0.3, -0.25) is 22.8 Å². The van der Waals surface area contributed by atoms with E-state index in [1.807, 2.05) is 0 Å². The summed E-state index contributed by atoms with van der Waals surface area (Å²) in [5.41, 5.74) is 0. The zero-order valence-electron chi connectivity index (χ0n) is 22.8. The molecule has 0 saturated carbocycles. The Balaban J connectivity index is -0.000000280. The van der Waals surface area contributed by atoms with Gasteiger partial charge in [-0.2, -0.15) is 42.1 Å². The predicted molar refractivity (Wildman–Crippen MR) is 156 cm³/mol. The molecular formula is C18H20F6O18S7. The van der Waals surface area contributed by atoms with E-state index in [2.05, 4.69) is 91.0 Å². The molecular weight excluding hydrogens is 843 g/mol. The second-order valence-electron chi connectivity index (χ2n) is 6.70. The zero-order valence-corrected chi connectivity index (χ0v) is 28.5. The van der Waals surface area contributed by atoms with Crippen molar-refractivity contribution >= 4 is 73.9 Å². The highest BCUT2D eigenvalue weighted by molar-refractivity contribution is 7.97. The van der Waals surface area contributed by atoms with Crippen LogP contribution in [0.4, 0.5) is 23.3 Å². The van der Waals surface area contributed by atoms with E-state index in [0.717, 1.165) is 0 Å². The summed E-state index contributed by atoms with van der Waals surface area (Å²) < 4.78 is 206. The third kappa shape index (κ3) is 76.4. The smallest absolute Gasteiger partial charge is 0.435 e. The first kappa shape index (κ1) is 52.9. The Bertz CT molecular complexity index is 1630. The third-order valence-electron chi connectivity index (χ3n) is 2.94. The molecule has 3 rings (SSSR count). The van der Waals surface area contributed by atoms with Crippen molar-refractivity contribution in [3.63, 3.8) is 0 Å². The summed E-state index contributed by atoms with van der Waals surface area (Å²) in [5.74, 6) is 0. The van der Waals surface area contributed by atoms with Crippen LogP contribution in [0.2, 0.25) is 0 Å². The summed E-state index contributed by atoms with van der Waals surface area (Å²) >= 11 is 0. The van der Waals surface area contributed by atoms with Crippen LogP contribution in [0.1, 0.15) is 0 Å². The molecule has 0 atom stereocenters. The first-order valence-corrected chi connectivity index (χ1v) is 19.6. The molecule has 18 nitrogen and oxygen atoms in total. The maximum absolute atomic E-state index is 10.2. The topological polar surface area (TPSA) is 329 Å². The van der Waals surface area contributed by atoms with Gasteiger partial charge >= 0.3 is 52.5 Å². The number of hydrogen-bond donors (Lipinski definition) is 5. The molecule has 284 valence electrons. The van der Waals surface area contributed by atoms with E-state index in [9.17, 15) is 23.3 Å². The number of rotatable bonds is 3. The van der Waals surface area contributed by atoms with Crippen molar-refractivity contribution in [3.05, 3.63) is 91.0 Å². The minimum Gasteiger partial charge on any atom is -0.722 e. The maximum Gasteiger partial charge on any atom is 0.435 e. The molecule has 0 aliphatic rings. The van der Waals surface area contributed by atoms with Crippen LogP contribution in [0, 0.1) is 0 Å². The molecule has 5 N–H and O–H groups in total. The van der Waals surface area contributed by atoms with Crippen molar-refractivity contribution < 1.29 is 101 Å². The van der Waals surface area contributed by atoms with Gasteiger partial charge in [-0.25, -0.2) is 8.42 Å². The van der Waals surface area contributed by atoms with Crippen LogP contribution in [-0.4, -0.2) is 77.8 Å². The van der Waals surface area contributed by atoms with Crippen molar-refractivity contribution in [3.8, 4) is 0 Å². The van der Waals surface area contributed by atoms with Gasteiger partial charge in [-0.1, -0.05) is 74.0 Å². The van der Waals surface area contributed by atoms with Crippen LogP contribution < -0.4 is 0 Å². The highest BCUT2D eigenvalue weighted by Crippen LogP contribution is 2.30. The Morgan fingerprint density at radius 2 is 0.469 bits per heavy atom. The summed E-state index contributed by atoms with van der Waals surface area (Å²) in [6, 6.07) is 32.2. The third-order valence-corrected chi connectivity index (χ3v) is 5.17. The normalized spacial score (nSPS) is 11.2. The van der Waals surface area contributed by atoms with Crippen molar-refractivity contribution in [1.82, 2.24) is 0 Å². The maximum atomic E-state index is 10.2. The van der Waals surface area contributed by atoms with Crippen molar-refractivity contribution in [1.29, 1.82) is 0 Å². The molecule has 0 aromatic heterocycles. The highest BCUT2D eigenvalue weighted by atomic mass is 32.3. The molecule has 0 amide bonds. The summed E-state index contributed by atoms with van der Waals surface area (Å²) in [5, 5.41) is 0. The number of halogens is 6. The van der Waals surface area contributed by atoms with Gasteiger partial charge < -0.3 is 4.55 Å². The van der Waals surface area contributed by atoms with Crippen LogP contribution in [0.15, 0.2) is 106 Å². The van der Waals surface area contributed by atoms with Crippen molar-refractivity contribution in [2.45, 2.75) is 14.7 Å². The highest BCUT2D eigenvalue weighted by Gasteiger charge is 2.27. The SMILES string of the molecule is O=S(=O)(O)F.O=S(=O)(O)F.O=S(=O)(O)F.O=S(=O)(O)F.O=S(=O)(O)F.O=S(=O)([O-])F.c1ccc([S+](c2ccccc2)c2ccccc2)cc1. The molecule has 31 heteroatoms. The molecule has 0 heterocycles. The van der Waals surface area contributed by atoms with E-state index in [0.29, 0.717) is 0 Å². The van der Waals surface area contributed by atoms with Crippen LogP contribution in [0.25, 0.3) is 0 Å². The van der Waals surface area contributed by atoms with Crippen LogP contribution in [-0.2, 0) is 73.9 Å². The van der Waals surface area contributed by atoms with Crippen LogP contribution in [0.3, 0.4) is 0 Å². The Morgan fingerprint density at radius 3 is 0.571 bits per heavy atom. The zero-order chi connectivity index (χ0) is 39.9. The summed E-state index contributed by atoms with van der Waals surface area (Å²) in [6.45, 7) is 0. The van der Waals surface area contributed by atoms with E-state index in [1.165, 1.54) is 14.7 Å². The average molecular weight is 863 g/mol. The fourth-order valence-corrected chi connectivity index (χ4v) is 4.18. The van der Waals surface area contributed by atoms with Gasteiger partial charge in [0.05, 0.1) is 10.9 Å². The van der Waals surface area contributed by atoms with E-state index >= 15 is 0 Å². The lowest BCUT2D eigenvalue weighted by Crippen LogP contribution is -2.04. The molecule has 0 unspecified atom stereocenters. The van der Waals surface area contributed by atoms with Gasteiger partial charge in [0, 0.05) is 0 Å². The van der Waals surface area contributed by atoms with Gasteiger partial charge in [-0.05, 0) is 36.4 Å². The number of benzene rings is 3. The molecule has 0 radical (unpaired) electrons. The second-order valence-corrected chi connectivity index (χ2v) is 13.6.